The molecule has 29 heavy (non-hydrogen) atoms. The molecule has 6 nitrogen and oxygen atoms in total. The summed E-state index contributed by atoms with van der Waals surface area (Å²) in [6.07, 6.45) is 0.316. The Labute approximate surface area is 163 Å². The second kappa shape index (κ2) is 6.91. The highest BCUT2D eigenvalue weighted by Crippen LogP contribution is 2.31. The number of pyridine rings is 1. The Kier molecular flexibility index (Phi) is 4.52. The Hall–Kier alpha value is -3.36. The molecule has 1 aliphatic carbocycles. The number of nitrogens with zero attached hydrogens (tertiary/aromatic N) is 2. The van der Waals surface area contributed by atoms with Crippen LogP contribution in [-0.4, -0.2) is 21.4 Å². The van der Waals surface area contributed by atoms with E-state index in [0.717, 1.165) is 25.0 Å². The number of nitrogens with one attached hydrogen (secondary N) is 1. The quantitative estimate of drug-likeness (QED) is 0.684. The van der Waals surface area contributed by atoms with E-state index in [9.17, 15) is 22.8 Å². The zero-order valence-electron chi connectivity index (χ0n) is 15.2. The number of halogens is 3. The van der Waals surface area contributed by atoms with E-state index in [1.165, 1.54) is 24.5 Å². The van der Waals surface area contributed by atoms with Crippen LogP contribution in [0, 0.1) is 5.92 Å². The zero-order valence-corrected chi connectivity index (χ0v) is 15.2. The Balaban J connectivity index is 1.65. The van der Waals surface area contributed by atoms with Gasteiger partial charge in [0.25, 0.3) is 5.91 Å². The summed E-state index contributed by atoms with van der Waals surface area (Å²) in [6.45, 7) is 0.211. The number of hydrogen-bond donors (Lipinski definition) is 2. The molecule has 0 unspecified atom stereocenters. The molecule has 1 saturated carbocycles. The molecule has 3 aromatic rings. The van der Waals surface area contributed by atoms with Crippen molar-refractivity contribution < 1.29 is 22.8 Å². The van der Waals surface area contributed by atoms with E-state index in [1.54, 1.807) is 10.6 Å². The predicted octanol–water partition coefficient (Wildman–Crippen LogP) is 3.55. The largest absolute Gasteiger partial charge is 0.416 e. The monoisotopic (exact) mass is 402 g/mol. The van der Waals surface area contributed by atoms with Crippen molar-refractivity contribution in [2.24, 2.45) is 11.7 Å². The number of amides is 2. The molecular weight excluding hydrogens is 385 g/mol. The lowest BCUT2D eigenvalue weighted by Crippen LogP contribution is -2.13. The zero-order chi connectivity index (χ0) is 20.8. The van der Waals surface area contributed by atoms with Gasteiger partial charge in [0, 0.05) is 24.0 Å². The van der Waals surface area contributed by atoms with Gasteiger partial charge in [-0.05, 0) is 36.6 Å². The van der Waals surface area contributed by atoms with E-state index in [4.69, 9.17) is 5.73 Å². The molecule has 0 aliphatic heterocycles. The Bertz CT molecular complexity index is 1100. The first-order valence-electron chi connectivity index (χ1n) is 8.98. The molecule has 1 aliphatic rings. The van der Waals surface area contributed by atoms with Crippen LogP contribution in [0.4, 0.5) is 18.9 Å². The number of primary amides is 1. The number of rotatable bonds is 5. The molecule has 0 bridgehead atoms. The van der Waals surface area contributed by atoms with Crippen molar-refractivity contribution in [3.8, 4) is 0 Å². The molecule has 9 heteroatoms. The third-order valence-corrected chi connectivity index (χ3v) is 4.83. The minimum absolute atomic E-state index is 0.0191. The number of aromatic nitrogens is 2. The van der Waals surface area contributed by atoms with Gasteiger partial charge in [-0.25, -0.2) is 4.98 Å². The Morgan fingerprint density at radius 1 is 1.21 bits per heavy atom. The van der Waals surface area contributed by atoms with Crippen LogP contribution in [0.15, 0.2) is 42.7 Å². The van der Waals surface area contributed by atoms with Crippen molar-refractivity contribution in [2.75, 3.05) is 5.32 Å². The van der Waals surface area contributed by atoms with Crippen LogP contribution in [0.25, 0.3) is 11.0 Å². The average molecular weight is 402 g/mol. The van der Waals surface area contributed by atoms with Gasteiger partial charge in [0.15, 0.2) is 0 Å². The van der Waals surface area contributed by atoms with Gasteiger partial charge in [-0.2, -0.15) is 13.2 Å². The number of carbonyl (C=O) groups excluding carboxylic acids is 2. The van der Waals surface area contributed by atoms with Crippen molar-refractivity contribution >= 4 is 28.5 Å². The van der Waals surface area contributed by atoms with Crippen molar-refractivity contribution in [3.05, 3.63) is 59.4 Å². The fourth-order valence-corrected chi connectivity index (χ4v) is 3.14. The van der Waals surface area contributed by atoms with Crippen LogP contribution in [0.3, 0.4) is 0 Å². The molecule has 1 fully saturated rings. The number of alkyl halides is 3. The summed E-state index contributed by atoms with van der Waals surface area (Å²) >= 11 is 0. The molecule has 0 atom stereocenters. The first-order valence-corrected chi connectivity index (χ1v) is 8.98. The van der Waals surface area contributed by atoms with Crippen LogP contribution in [0.5, 0.6) is 0 Å². The summed E-state index contributed by atoms with van der Waals surface area (Å²) in [6, 6.07) is 6.40. The number of hydrogen-bond acceptors (Lipinski definition) is 3. The van der Waals surface area contributed by atoms with Crippen LogP contribution in [0.1, 0.15) is 34.3 Å². The molecule has 0 saturated heterocycles. The fraction of sp³-hybridized carbons (Fsp3) is 0.250. The first-order chi connectivity index (χ1) is 13.7. The van der Waals surface area contributed by atoms with Gasteiger partial charge in [0.05, 0.1) is 23.0 Å². The van der Waals surface area contributed by atoms with Gasteiger partial charge in [0.1, 0.15) is 5.65 Å². The topological polar surface area (TPSA) is 90.0 Å². The number of carbonyl (C=O) groups is 2. The lowest BCUT2D eigenvalue weighted by Gasteiger charge is -2.09. The van der Waals surface area contributed by atoms with Gasteiger partial charge in [0.2, 0.25) is 5.91 Å². The molecule has 0 spiro atoms. The summed E-state index contributed by atoms with van der Waals surface area (Å²) < 4.78 is 39.8. The average Bonchev–Trinajstić information content (AvgIpc) is 3.45. The van der Waals surface area contributed by atoms with E-state index in [0.29, 0.717) is 22.3 Å². The van der Waals surface area contributed by atoms with Crippen molar-refractivity contribution in [1.29, 1.82) is 0 Å². The summed E-state index contributed by atoms with van der Waals surface area (Å²) in [7, 11) is 0. The van der Waals surface area contributed by atoms with E-state index in [2.05, 4.69) is 10.3 Å². The van der Waals surface area contributed by atoms with Crippen LogP contribution >= 0.6 is 0 Å². The third-order valence-electron chi connectivity index (χ3n) is 4.83. The minimum atomic E-state index is -4.40. The summed E-state index contributed by atoms with van der Waals surface area (Å²) in [5.41, 5.74) is 6.48. The molecule has 150 valence electrons. The lowest BCUT2D eigenvalue weighted by molar-refractivity contribution is -0.137. The Morgan fingerprint density at radius 2 is 1.90 bits per heavy atom. The van der Waals surface area contributed by atoms with Crippen LogP contribution < -0.4 is 11.1 Å². The predicted molar refractivity (Wildman–Crippen MR) is 100 cm³/mol. The second-order valence-electron chi connectivity index (χ2n) is 7.09. The smallest absolute Gasteiger partial charge is 0.366 e. The van der Waals surface area contributed by atoms with E-state index in [1.807, 2.05) is 0 Å². The van der Waals surface area contributed by atoms with Crippen molar-refractivity contribution in [2.45, 2.75) is 25.6 Å². The summed E-state index contributed by atoms with van der Waals surface area (Å²) in [5.74, 6) is -0.727. The number of benzene rings is 1. The van der Waals surface area contributed by atoms with Crippen LogP contribution in [-0.2, 0) is 17.5 Å². The minimum Gasteiger partial charge on any atom is -0.366 e. The standard InChI is InChI=1S/C20H17F3N4O2/c21-20(22,23)13-5-1-11(2-6-13)9-27-10-16(17(24)28)15-7-14(8-25-18(15)27)26-19(29)12-3-4-12/h1-2,5-8,10,12H,3-4,9H2,(H2,24,28)(H,26,29). The highest BCUT2D eigenvalue weighted by atomic mass is 19.4. The van der Waals surface area contributed by atoms with Gasteiger partial charge in [-0.15, -0.1) is 0 Å². The number of anilines is 1. The van der Waals surface area contributed by atoms with Gasteiger partial charge in [-0.3, -0.25) is 9.59 Å². The van der Waals surface area contributed by atoms with Gasteiger partial charge >= 0.3 is 6.18 Å². The first kappa shape index (κ1) is 19.0. The molecular formula is C20H17F3N4O2. The van der Waals surface area contributed by atoms with Gasteiger partial charge < -0.3 is 15.6 Å². The highest BCUT2D eigenvalue weighted by molar-refractivity contribution is 6.06. The maximum Gasteiger partial charge on any atom is 0.416 e. The third kappa shape index (κ3) is 3.94. The van der Waals surface area contributed by atoms with E-state index < -0.39 is 17.6 Å². The fourth-order valence-electron chi connectivity index (χ4n) is 3.14. The second-order valence-corrected chi connectivity index (χ2v) is 7.09. The van der Waals surface area contributed by atoms with E-state index >= 15 is 0 Å². The molecule has 2 heterocycles. The molecule has 4 rings (SSSR count). The van der Waals surface area contributed by atoms with Crippen molar-refractivity contribution in [3.63, 3.8) is 0 Å². The molecule has 0 radical (unpaired) electrons. The SMILES string of the molecule is NC(=O)c1cn(Cc2ccc(C(F)(F)F)cc2)c2ncc(NC(=O)C3CC3)cc12. The summed E-state index contributed by atoms with van der Waals surface area (Å²) in [5, 5.41) is 3.24. The van der Waals surface area contributed by atoms with Crippen molar-refractivity contribution in [1.82, 2.24) is 9.55 Å². The van der Waals surface area contributed by atoms with Crippen LogP contribution in [0.2, 0.25) is 0 Å². The van der Waals surface area contributed by atoms with Gasteiger partial charge in [-0.1, -0.05) is 12.1 Å². The summed E-state index contributed by atoms with van der Waals surface area (Å²) in [4.78, 5) is 28.1. The molecule has 1 aromatic carbocycles. The normalized spacial score (nSPS) is 14.2. The van der Waals surface area contributed by atoms with E-state index in [-0.39, 0.29) is 23.9 Å². The maximum atomic E-state index is 12.7. The lowest BCUT2D eigenvalue weighted by atomic mass is 10.1. The maximum absolute atomic E-state index is 12.7. The molecule has 2 amide bonds. The number of nitrogens with two attached hydrogens (primary N) is 1. The Morgan fingerprint density at radius 3 is 2.48 bits per heavy atom. The molecule has 2 aromatic heterocycles. The molecule has 3 N–H and O–H groups in total. The highest BCUT2D eigenvalue weighted by Gasteiger charge is 2.30. The number of fused-ring (bicyclic) bond motifs is 1.